The molecule has 0 amide bonds. The summed E-state index contributed by atoms with van der Waals surface area (Å²) in [7, 11) is 4.70. The standard InChI is InChI=1S/C29H35NO6/c1-34-25-15-23(16-26(35-2)29(25)36-3)28(33)24(14-20-12-21-6-4-5-7-22(21)13-20)18-30-11-10-19(17-30)8-9-27(31)32/h4-7,10-11,15-17,20,24,28,33H,8-9,12-14,18H2,1-3H3,(H,31,32)/t24-,28-/m1/s1. The van der Waals surface area contributed by atoms with E-state index in [1.54, 1.807) is 21.3 Å². The minimum absolute atomic E-state index is 0.0770. The van der Waals surface area contributed by atoms with Gasteiger partial charge < -0.3 is 29.0 Å². The lowest BCUT2D eigenvalue weighted by atomic mass is 9.85. The topological polar surface area (TPSA) is 90.2 Å². The van der Waals surface area contributed by atoms with Crippen molar-refractivity contribution in [3.63, 3.8) is 0 Å². The second-order valence-corrected chi connectivity index (χ2v) is 9.55. The Morgan fingerprint density at radius 1 is 1.03 bits per heavy atom. The number of hydrogen-bond acceptors (Lipinski definition) is 5. The van der Waals surface area contributed by atoms with Crippen LogP contribution in [0.25, 0.3) is 0 Å². The first-order valence-electron chi connectivity index (χ1n) is 12.3. The number of aromatic nitrogens is 1. The highest BCUT2D eigenvalue weighted by molar-refractivity contribution is 5.67. The molecule has 0 saturated carbocycles. The summed E-state index contributed by atoms with van der Waals surface area (Å²) in [6.45, 7) is 0.609. The number of aryl methyl sites for hydroxylation is 1. The lowest BCUT2D eigenvalue weighted by Gasteiger charge is -2.27. The van der Waals surface area contributed by atoms with E-state index in [-0.39, 0.29) is 12.3 Å². The number of carbonyl (C=O) groups is 1. The fourth-order valence-electron chi connectivity index (χ4n) is 5.37. The SMILES string of the molecule is COc1cc([C@@H](O)[C@H](CC2Cc3ccccc3C2)Cn2ccc(CCC(=O)O)c2)cc(OC)c1OC. The fraction of sp³-hybridized carbons (Fsp3) is 0.414. The molecule has 0 saturated heterocycles. The maximum Gasteiger partial charge on any atom is 0.303 e. The van der Waals surface area contributed by atoms with Crippen LogP contribution in [-0.4, -0.2) is 42.1 Å². The number of aliphatic hydroxyl groups excluding tert-OH is 1. The molecule has 1 heterocycles. The van der Waals surface area contributed by atoms with E-state index in [0.717, 1.165) is 24.8 Å². The molecule has 0 aliphatic heterocycles. The van der Waals surface area contributed by atoms with Crippen LogP contribution in [0.2, 0.25) is 0 Å². The van der Waals surface area contributed by atoms with Gasteiger partial charge >= 0.3 is 5.97 Å². The zero-order valence-electron chi connectivity index (χ0n) is 21.1. The van der Waals surface area contributed by atoms with E-state index < -0.39 is 12.1 Å². The molecular formula is C29H35NO6. The lowest BCUT2D eigenvalue weighted by molar-refractivity contribution is -0.136. The van der Waals surface area contributed by atoms with Gasteiger partial charge in [0.25, 0.3) is 0 Å². The van der Waals surface area contributed by atoms with Crippen molar-refractivity contribution in [2.45, 2.75) is 44.8 Å². The molecule has 0 spiro atoms. The average molecular weight is 494 g/mol. The molecule has 2 atom stereocenters. The molecule has 2 N–H and O–H groups in total. The van der Waals surface area contributed by atoms with Crippen LogP contribution >= 0.6 is 0 Å². The third kappa shape index (κ3) is 5.85. The number of ether oxygens (including phenoxy) is 3. The molecular weight excluding hydrogens is 458 g/mol. The summed E-state index contributed by atoms with van der Waals surface area (Å²) in [5.41, 5.74) is 4.47. The van der Waals surface area contributed by atoms with Crippen molar-refractivity contribution >= 4 is 5.97 Å². The van der Waals surface area contributed by atoms with E-state index in [1.165, 1.54) is 11.1 Å². The highest BCUT2D eigenvalue weighted by Gasteiger charge is 2.30. The predicted molar refractivity (Wildman–Crippen MR) is 137 cm³/mol. The molecule has 7 heteroatoms. The second kappa shape index (κ2) is 11.5. The van der Waals surface area contributed by atoms with Gasteiger partial charge in [0.05, 0.1) is 27.4 Å². The Morgan fingerprint density at radius 2 is 1.67 bits per heavy atom. The van der Waals surface area contributed by atoms with Crippen molar-refractivity contribution < 1.29 is 29.2 Å². The Balaban J connectivity index is 1.59. The molecule has 4 rings (SSSR count). The molecule has 1 aliphatic carbocycles. The van der Waals surface area contributed by atoms with Crippen molar-refractivity contribution in [3.8, 4) is 17.2 Å². The van der Waals surface area contributed by atoms with Crippen molar-refractivity contribution in [2.24, 2.45) is 11.8 Å². The van der Waals surface area contributed by atoms with Crippen LogP contribution in [-0.2, 0) is 30.6 Å². The summed E-state index contributed by atoms with van der Waals surface area (Å²) in [6.07, 6.45) is 6.63. The molecule has 0 radical (unpaired) electrons. The van der Waals surface area contributed by atoms with E-state index in [4.69, 9.17) is 19.3 Å². The Bertz CT molecular complexity index is 1140. The Morgan fingerprint density at radius 3 is 2.22 bits per heavy atom. The van der Waals surface area contributed by atoms with Gasteiger partial charge in [0, 0.05) is 31.3 Å². The zero-order valence-corrected chi connectivity index (χ0v) is 21.1. The number of rotatable bonds is 12. The van der Waals surface area contributed by atoms with E-state index in [9.17, 15) is 9.90 Å². The highest BCUT2D eigenvalue weighted by Crippen LogP contribution is 2.42. The third-order valence-corrected chi connectivity index (χ3v) is 7.13. The van der Waals surface area contributed by atoms with Crippen LogP contribution in [0.1, 0.15) is 41.2 Å². The van der Waals surface area contributed by atoms with Crippen LogP contribution in [0.5, 0.6) is 17.2 Å². The summed E-state index contributed by atoms with van der Waals surface area (Å²) >= 11 is 0. The summed E-state index contributed by atoms with van der Waals surface area (Å²) in [4.78, 5) is 11.0. The van der Waals surface area contributed by atoms with Crippen molar-refractivity contribution in [3.05, 3.63) is 77.1 Å². The minimum Gasteiger partial charge on any atom is -0.493 e. The molecule has 0 fully saturated rings. The zero-order chi connectivity index (χ0) is 25.7. The van der Waals surface area contributed by atoms with E-state index in [2.05, 4.69) is 28.8 Å². The van der Waals surface area contributed by atoms with Crippen LogP contribution in [0.15, 0.2) is 54.9 Å². The fourth-order valence-corrected chi connectivity index (χ4v) is 5.37. The van der Waals surface area contributed by atoms with Crippen LogP contribution < -0.4 is 14.2 Å². The first-order valence-corrected chi connectivity index (χ1v) is 12.3. The van der Waals surface area contributed by atoms with E-state index in [0.29, 0.717) is 41.7 Å². The number of hydrogen-bond donors (Lipinski definition) is 2. The van der Waals surface area contributed by atoms with Gasteiger partial charge in [-0.25, -0.2) is 0 Å². The first-order chi connectivity index (χ1) is 17.4. The first kappa shape index (κ1) is 25.6. The number of methoxy groups -OCH3 is 3. The number of carboxylic acids is 1. The number of nitrogens with zero attached hydrogens (tertiary/aromatic N) is 1. The van der Waals surface area contributed by atoms with Crippen LogP contribution in [0.4, 0.5) is 0 Å². The number of fused-ring (bicyclic) bond motifs is 1. The van der Waals surface area contributed by atoms with Gasteiger partial charge in [0.15, 0.2) is 11.5 Å². The second-order valence-electron chi connectivity index (χ2n) is 9.55. The maximum absolute atomic E-state index is 11.7. The Hall–Kier alpha value is -3.45. The molecule has 192 valence electrons. The third-order valence-electron chi connectivity index (χ3n) is 7.13. The summed E-state index contributed by atoms with van der Waals surface area (Å²) in [5.74, 6) is 1.06. The number of aliphatic hydroxyl groups is 1. The van der Waals surface area contributed by atoms with Crippen molar-refractivity contribution in [2.75, 3.05) is 21.3 Å². The lowest BCUT2D eigenvalue weighted by Crippen LogP contribution is -2.22. The number of aliphatic carboxylic acids is 1. The molecule has 36 heavy (non-hydrogen) atoms. The molecule has 7 nitrogen and oxygen atoms in total. The largest absolute Gasteiger partial charge is 0.493 e. The van der Waals surface area contributed by atoms with Gasteiger partial charge in [-0.15, -0.1) is 0 Å². The minimum atomic E-state index is -0.806. The monoisotopic (exact) mass is 493 g/mol. The van der Waals surface area contributed by atoms with Gasteiger partial charge in [0.1, 0.15) is 0 Å². The normalized spacial score (nSPS) is 14.8. The number of carboxylic acid groups (broad SMARTS) is 1. The molecule has 2 aromatic carbocycles. The molecule has 0 unspecified atom stereocenters. The highest BCUT2D eigenvalue weighted by atomic mass is 16.5. The van der Waals surface area contributed by atoms with Crippen molar-refractivity contribution in [1.82, 2.24) is 4.57 Å². The smallest absolute Gasteiger partial charge is 0.303 e. The summed E-state index contributed by atoms with van der Waals surface area (Å²) < 4.78 is 18.6. The van der Waals surface area contributed by atoms with E-state index >= 15 is 0 Å². The maximum atomic E-state index is 11.7. The summed E-state index contributed by atoms with van der Waals surface area (Å²) in [5, 5.41) is 20.7. The summed E-state index contributed by atoms with van der Waals surface area (Å²) in [6, 6.07) is 14.1. The van der Waals surface area contributed by atoms with Gasteiger partial charge in [-0.3, -0.25) is 4.79 Å². The van der Waals surface area contributed by atoms with Crippen LogP contribution in [0, 0.1) is 11.8 Å². The van der Waals surface area contributed by atoms with Crippen molar-refractivity contribution in [1.29, 1.82) is 0 Å². The molecule has 0 bridgehead atoms. The van der Waals surface area contributed by atoms with Gasteiger partial charge in [-0.1, -0.05) is 24.3 Å². The number of benzene rings is 2. The van der Waals surface area contributed by atoms with Gasteiger partial charge in [-0.2, -0.15) is 0 Å². The molecule has 1 aromatic heterocycles. The van der Waals surface area contributed by atoms with E-state index in [1.807, 2.05) is 30.6 Å². The van der Waals surface area contributed by atoms with Gasteiger partial charge in [-0.05, 0) is 72.1 Å². The quantitative estimate of drug-likeness (QED) is 0.381. The Kier molecular flexibility index (Phi) is 8.21. The average Bonchev–Trinajstić information content (AvgIpc) is 3.51. The predicted octanol–water partition coefficient (Wildman–Crippen LogP) is 4.69. The van der Waals surface area contributed by atoms with Crippen LogP contribution in [0.3, 0.4) is 0 Å². The van der Waals surface area contributed by atoms with Gasteiger partial charge in [0.2, 0.25) is 5.75 Å². The molecule has 1 aliphatic rings. The molecule has 3 aromatic rings. The Labute approximate surface area is 212 Å².